The molecule has 3 aromatic rings. The molecule has 4 heterocycles. The van der Waals surface area contributed by atoms with Crippen LogP contribution in [0.2, 0.25) is 0 Å². The number of carbonyl (C=O) groups is 1. The molecule has 1 N–H and O–H groups in total. The van der Waals surface area contributed by atoms with Gasteiger partial charge >= 0.3 is 0 Å². The minimum atomic E-state index is -0.102. The Balaban J connectivity index is 1.58. The van der Waals surface area contributed by atoms with Crippen molar-refractivity contribution in [2.45, 2.75) is 45.6 Å². The molecule has 158 valence electrons. The first-order valence-electron chi connectivity index (χ1n) is 10.6. The fraction of sp³-hybridized carbons (Fsp3) is 0.455. The fourth-order valence-corrected chi connectivity index (χ4v) is 4.11. The monoisotopic (exact) mass is 408 g/mol. The van der Waals surface area contributed by atoms with Gasteiger partial charge in [-0.1, -0.05) is 20.8 Å². The second kappa shape index (κ2) is 8.79. The molecule has 8 nitrogen and oxygen atoms in total. The summed E-state index contributed by atoms with van der Waals surface area (Å²) in [5.74, 6) is 1.05. The minimum absolute atomic E-state index is 0.0720. The molecule has 0 spiro atoms. The zero-order valence-corrected chi connectivity index (χ0v) is 17.7. The lowest BCUT2D eigenvalue weighted by molar-refractivity contribution is 0.0940. The van der Waals surface area contributed by atoms with Crippen molar-refractivity contribution in [3.63, 3.8) is 0 Å². The average molecular weight is 409 g/mol. The largest absolute Gasteiger partial charge is 0.463 e. The third-order valence-corrected chi connectivity index (χ3v) is 5.61. The number of aromatic nitrogens is 4. The standard InChI is InChI=1S/C22H28N6O2/c1-4-27-11-5-7-16(27)13-24-21(29)17-14-25-28(20(17)15(2)3)22-23-10-9-18(26-22)19-8-6-12-30-19/h6,8-10,12,14-16H,4-5,7,11,13H2,1-3H3,(H,24,29). The molecule has 3 aromatic heterocycles. The van der Waals surface area contributed by atoms with Crippen molar-refractivity contribution in [1.29, 1.82) is 0 Å². The topological polar surface area (TPSA) is 89.1 Å². The molecule has 4 rings (SSSR count). The van der Waals surface area contributed by atoms with Gasteiger partial charge < -0.3 is 9.73 Å². The molecule has 0 bridgehead atoms. The van der Waals surface area contributed by atoms with Crippen molar-refractivity contribution in [3.05, 3.63) is 48.1 Å². The smallest absolute Gasteiger partial charge is 0.254 e. The maximum absolute atomic E-state index is 13.0. The normalized spacial score (nSPS) is 17.0. The first-order valence-corrected chi connectivity index (χ1v) is 10.6. The summed E-state index contributed by atoms with van der Waals surface area (Å²) in [5, 5.41) is 7.56. The molecular weight excluding hydrogens is 380 g/mol. The first kappa shape index (κ1) is 20.3. The number of hydrogen-bond acceptors (Lipinski definition) is 6. The molecule has 8 heteroatoms. The molecule has 1 atom stereocenters. The highest BCUT2D eigenvalue weighted by atomic mass is 16.3. The second-order valence-corrected chi connectivity index (χ2v) is 7.86. The van der Waals surface area contributed by atoms with E-state index in [0.29, 0.717) is 35.6 Å². The number of likely N-dealkylation sites (N-methyl/N-ethyl adjacent to an activating group) is 1. The molecule has 0 aromatic carbocycles. The molecule has 1 unspecified atom stereocenters. The molecule has 0 radical (unpaired) electrons. The van der Waals surface area contributed by atoms with Crippen LogP contribution >= 0.6 is 0 Å². The Morgan fingerprint density at radius 2 is 2.23 bits per heavy atom. The van der Waals surface area contributed by atoms with E-state index >= 15 is 0 Å². The quantitative estimate of drug-likeness (QED) is 0.645. The molecule has 1 aliphatic heterocycles. The highest BCUT2D eigenvalue weighted by Gasteiger charge is 2.26. The Labute approximate surface area is 176 Å². The van der Waals surface area contributed by atoms with E-state index in [4.69, 9.17) is 4.42 Å². The highest BCUT2D eigenvalue weighted by molar-refractivity contribution is 5.95. The SMILES string of the molecule is CCN1CCCC1CNC(=O)c1cnn(-c2nccc(-c3ccco3)n2)c1C(C)C. The Morgan fingerprint density at radius 1 is 1.37 bits per heavy atom. The predicted molar refractivity (Wildman–Crippen MR) is 114 cm³/mol. The lowest BCUT2D eigenvalue weighted by Gasteiger charge is -2.23. The number of furan rings is 1. The van der Waals surface area contributed by atoms with Crippen LogP contribution in [0.15, 0.2) is 41.3 Å². The van der Waals surface area contributed by atoms with Gasteiger partial charge in [0, 0.05) is 18.8 Å². The van der Waals surface area contributed by atoms with Gasteiger partial charge in [-0.2, -0.15) is 5.10 Å². The maximum Gasteiger partial charge on any atom is 0.254 e. The minimum Gasteiger partial charge on any atom is -0.463 e. The summed E-state index contributed by atoms with van der Waals surface area (Å²) in [6.45, 7) is 9.01. The summed E-state index contributed by atoms with van der Waals surface area (Å²) in [6.07, 6.45) is 7.20. The van der Waals surface area contributed by atoms with Crippen molar-refractivity contribution < 1.29 is 9.21 Å². The van der Waals surface area contributed by atoms with Gasteiger partial charge in [0.1, 0.15) is 5.69 Å². The predicted octanol–water partition coefficient (Wildman–Crippen LogP) is 3.26. The highest BCUT2D eigenvalue weighted by Crippen LogP contribution is 2.24. The molecule has 1 amide bonds. The Hall–Kier alpha value is -3.00. The van der Waals surface area contributed by atoms with E-state index in [1.807, 2.05) is 26.0 Å². The van der Waals surface area contributed by atoms with Crippen LogP contribution in [0, 0.1) is 0 Å². The summed E-state index contributed by atoms with van der Waals surface area (Å²) in [5.41, 5.74) is 2.03. The van der Waals surface area contributed by atoms with Crippen LogP contribution in [-0.2, 0) is 0 Å². The third kappa shape index (κ3) is 4.00. The summed E-state index contributed by atoms with van der Waals surface area (Å²) >= 11 is 0. The van der Waals surface area contributed by atoms with Gasteiger partial charge in [-0.15, -0.1) is 0 Å². The molecule has 1 aliphatic rings. The van der Waals surface area contributed by atoms with Crippen molar-refractivity contribution in [1.82, 2.24) is 30.0 Å². The number of likely N-dealkylation sites (tertiary alicyclic amines) is 1. The molecule has 0 saturated carbocycles. The van der Waals surface area contributed by atoms with Gasteiger partial charge in [-0.3, -0.25) is 9.69 Å². The van der Waals surface area contributed by atoms with E-state index in [2.05, 4.69) is 32.2 Å². The van der Waals surface area contributed by atoms with E-state index in [1.54, 1.807) is 29.4 Å². The van der Waals surface area contributed by atoms with Crippen molar-refractivity contribution in [2.75, 3.05) is 19.6 Å². The van der Waals surface area contributed by atoms with Gasteiger partial charge in [-0.25, -0.2) is 14.6 Å². The number of carbonyl (C=O) groups excluding carboxylic acids is 1. The van der Waals surface area contributed by atoms with E-state index in [1.165, 1.54) is 6.42 Å². The van der Waals surface area contributed by atoms with Crippen molar-refractivity contribution >= 4 is 5.91 Å². The van der Waals surface area contributed by atoms with E-state index in [-0.39, 0.29) is 11.8 Å². The van der Waals surface area contributed by atoms with Gasteiger partial charge in [-0.05, 0) is 50.0 Å². The Bertz CT molecular complexity index is 995. The number of amides is 1. The molecule has 0 aliphatic carbocycles. The third-order valence-electron chi connectivity index (χ3n) is 5.61. The van der Waals surface area contributed by atoms with Crippen molar-refractivity contribution in [2.24, 2.45) is 0 Å². The zero-order valence-electron chi connectivity index (χ0n) is 17.7. The van der Waals surface area contributed by atoms with Crippen LogP contribution in [0.4, 0.5) is 0 Å². The lowest BCUT2D eigenvalue weighted by Crippen LogP contribution is -2.40. The molecular formula is C22H28N6O2. The summed E-state index contributed by atoms with van der Waals surface area (Å²) in [4.78, 5) is 24.4. The fourth-order valence-electron chi connectivity index (χ4n) is 4.11. The van der Waals surface area contributed by atoms with E-state index < -0.39 is 0 Å². The number of rotatable bonds is 7. The van der Waals surface area contributed by atoms with Gasteiger partial charge in [0.25, 0.3) is 11.9 Å². The Morgan fingerprint density at radius 3 is 2.97 bits per heavy atom. The van der Waals surface area contributed by atoms with Gasteiger partial charge in [0.15, 0.2) is 5.76 Å². The van der Waals surface area contributed by atoms with Crippen LogP contribution in [0.5, 0.6) is 0 Å². The summed E-state index contributed by atoms with van der Waals surface area (Å²) < 4.78 is 7.09. The molecule has 1 saturated heterocycles. The zero-order chi connectivity index (χ0) is 21.1. The molecule has 30 heavy (non-hydrogen) atoms. The van der Waals surface area contributed by atoms with Crippen LogP contribution in [-0.4, -0.2) is 56.2 Å². The van der Waals surface area contributed by atoms with E-state index in [9.17, 15) is 4.79 Å². The molecule has 1 fully saturated rings. The van der Waals surface area contributed by atoms with Crippen LogP contribution in [0.1, 0.15) is 55.6 Å². The summed E-state index contributed by atoms with van der Waals surface area (Å²) in [7, 11) is 0. The Kier molecular flexibility index (Phi) is 5.94. The van der Waals surface area contributed by atoms with Gasteiger partial charge in [0.05, 0.1) is 23.7 Å². The number of nitrogens with zero attached hydrogens (tertiary/aromatic N) is 5. The van der Waals surface area contributed by atoms with E-state index in [0.717, 1.165) is 25.2 Å². The average Bonchev–Trinajstić information content (AvgIpc) is 3.52. The maximum atomic E-state index is 13.0. The second-order valence-electron chi connectivity index (χ2n) is 7.86. The summed E-state index contributed by atoms with van der Waals surface area (Å²) in [6, 6.07) is 5.86. The van der Waals surface area contributed by atoms with Crippen LogP contribution in [0.3, 0.4) is 0 Å². The van der Waals surface area contributed by atoms with Gasteiger partial charge in [0.2, 0.25) is 0 Å². The van der Waals surface area contributed by atoms with Crippen LogP contribution in [0.25, 0.3) is 17.4 Å². The first-order chi connectivity index (χ1) is 14.6. The van der Waals surface area contributed by atoms with Crippen LogP contribution < -0.4 is 5.32 Å². The number of nitrogens with one attached hydrogen (secondary N) is 1. The van der Waals surface area contributed by atoms with Crippen molar-refractivity contribution in [3.8, 4) is 17.4 Å². The number of hydrogen-bond donors (Lipinski definition) is 1. The lowest BCUT2D eigenvalue weighted by atomic mass is 10.1.